The first-order valence-corrected chi connectivity index (χ1v) is 7.15. The minimum atomic E-state index is -0.508. The van der Waals surface area contributed by atoms with E-state index in [0.717, 1.165) is 25.7 Å². The van der Waals surface area contributed by atoms with Crippen LogP contribution in [0.3, 0.4) is 0 Å². The number of hydrogen-bond acceptors (Lipinski definition) is 5. The first kappa shape index (κ1) is 14.5. The minimum absolute atomic E-state index is 0.0253. The summed E-state index contributed by atoms with van der Waals surface area (Å²) in [7, 11) is 0. The van der Waals surface area contributed by atoms with Gasteiger partial charge in [-0.25, -0.2) is 0 Å². The number of nitrogens with zero attached hydrogens (tertiary/aromatic N) is 3. The molecule has 1 atom stereocenters. The highest BCUT2D eigenvalue weighted by atomic mass is 35.5. The van der Waals surface area contributed by atoms with Crippen LogP contribution >= 0.6 is 24.4 Å². The van der Waals surface area contributed by atoms with Crippen molar-refractivity contribution in [3.8, 4) is 0 Å². The van der Waals surface area contributed by atoms with Crippen LogP contribution in [0.25, 0.3) is 0 Å². The molecule has 0 radical (unpaired) electrons. The van der Waals surface area contributed by atoms with E-state index in [4.69, 9.17) is 11.6 Å². The largest absolute Gasteiger partial charge is 0.349 e. The second kappa shape index (κ2) is 6.00. The Bertz CT molecular complexity index is 434. The molecule has 2 rings (SSSR count). The van der Waals surface area contributed by atoms with E-state index in [1.165, 1.54) is 10.7 Å². The first-order chi connectivity index (χ1) is 9.00. The van der Waals surface area contributed by atoms with Crippen LogP contribution in [0.2, 0.25) is 0 Å². The van der Waals surface area contributed by atoms with Gasteiger partial charge in [-0.2, -0.15) is 0 Å². The Labute approximate surface area is 122 Å². The molecule has 2 aliphatic rings. The van der Waals surface area contributed by atoms with Crippen LogP contribution < -0.4 is 5.32 Å². The zero-order chi connectivity index (χ0) is 14.0. The number of nitro groups is 1. The number of amidine groups is 1. The molecule has 0 bridgehead atoms. The predicted octanol–water partition coefficient (Wildman–Crippen LogP) is 2.50. The van der Waals surface area contributed by atoms with Crippen LogP contribution in [0.1, 0.15) is 39.0 Å². The molecule has 1 N–H and O–H groups in total. The number of aliphatic imine (C=N–C) groups is 1. The van der Waals surface area contributed by atoms with Gasteiger partial charge in [0.1, 0.15) is 6.17 Å². The minimum Gasteiger partial charge on any atom is -0.349 e. The molecule has 0 aromatic carbocycles. The summed E-state index contributed by atoms with van der Waals surface area (Å²) in [6.07, 6.45) is 5.15. The quantitative estimate of drug-likeness (QED) is 0.356. The van der Waals surface area contributed by atoms with Crippen molar-refractivity contribution in [1.82, 2.24) is 9.62 Å². The Kier molecular flexibility index (Phi) is 4.57. The summed E-state index contributed by atoms with van der Waals surface area (Å²) >= 11 is 10.2. The number of hydrogen-bond donors (Lipinski definition) is 2. The maximum Gasteiger partial charge on any atom is 0.346 e. The molecule has 8 heteroatoms. The normalized spacial score (nSPS) is 27.6. The Morgan fingerprint density at radius 2 is 2.11 bits per heavy atom. The summed E-state index contributed by atoms with van der Waals surface area (Å²) in [5, 5.41) is 14.0. The highest BCUT2D eigenvalue weighted by Crippen LogP contribution is 2.26. The molecule has 0 spiro atoms. The number of nitrogens with one attached hydrogen (secondary N) is 1. The SMILES string of the molecule is CC1NC(Cl)=C([N+](=O)[O-])C(=NC2CCCCC2)N1S. The zero-order valence-corrected chi connectivity index (χ0v) is 12.3. The predicted molar refractivity (Wildman–Crippen MR) is 77.6 cm³/mol. The lowest BCUT2D eigenvalue weighted by molar-refractivity contribution is -0.417. The topological polar surface area (TPSA) is 70.8 Å². The van der Waals surface area contributed by atoms with Crippen LogP contribution in [0.4, 0.5) is 0 Å². The fraction of sp³-hybridized carbons (Fsp3) is 0.727. The number of halogens is 1. The van der Waals surface area contributed by atoms with Gasteiger partial charge in [0.2, 0.25) is 5.84 Å². The van der Waals surface area contributed by atoms with E-state index < -0.39 is 4.92 Å². The van der Waals surface area contributed by atoms with Gasteiger partial charge in [0.25, 0.3) is 0 Å². The van der Waals surface area contributed by atoms with Gasteiger partial charge < -0.3 is 5.32 Å². The van der Waals surface area contributed by atoms with Gasteiger partial charge in [-0.3, -0.25) is 19.4 Å². The molecule has 1 fully saturated rings. The summed E-state index contributed by atoms with van der Waals surface area (Å²) < 4.78 is 1.47. The highest BCUT2D eigenvalue weighted by molar-refractivity contribution is 7.78. The first-order valence-electron chi connectivity index (χ1n) is 6.37. The number of thiol groups is 1. The maximum atomic E-state index is 11.2. The molecule has 1 aliphatic carbocycles. The standard InChI is InChI=1S/C11H17ClN4O2S/c1-7-13-10(12)9(16(17)18)11(15(7)19)14-8-5-3-2-4-6-8/h7-8,13,19H,2-6H2,1H3. The fourth-order valence-corrected chi connectivity index (χ4v) is 2.88. The Morgan fingerprint density at radius 3 is 2.68 bits per heavy atom. The van der Waals surface area contributed by atoms with Gasteiger partial charge in [-0.1, -0.05) is 43.7 Å². The van der Waals surface area contributed by atoms with Crippen molar-refractivity contribution in [3.05, 3.63) is 21.0 Å². The van der Waals surface area contributed by atoms with Crippen LogP contribution in [-0.4, -0.2) is 27.3 Å². The summed E-state index contributed by atoms with van der Waals surface area (Å²) in [6, 6.07) is 0.128. The van der Waals surface area contributed by atoms with Crippen molar-refractivity contribution in [2.75, 3.05) is 0 Å². The molecule has 0 saturated heterocycles. The lowest BCUT2D eigenvalue weighted by atomic mass is 9.96. The van der Waals surface area contributed by atoms with Crippen molar-refractivity contribution in [2.45, 2.75) is 51.2 Å². The van der Waals surface area contributed by atoms with Crippen molar-refractivity contribution in [2.24, 2.45) is 4.99 Å². The molecule has 1 heterocycles. The van der Waals surface area contributed by atoms with Gasteiger partial charge in [0, 0.05) is 0 Å². The Balaban J connectivity index is 2.34. The van der Waals surface area contributed by atoms with Crippen LogP contribution in [-0.2, 0) is 0 Å². The lowest BCUT2D eigenvalue weighted by Gasteiger charge is -2.31. The smallest absolute Gasteiger partial charge is 0.346 e. The zero-order valence-electron chi connectivity index (χ0n) is 10.7. The molecule has 0 amide bonds. The lowest BCUT2D eigenvalue weighted by Crippen LogP contribution is -2.48. The van der Waals surface area contributed by atoms with E-state index in [0.29, 0.717) is 0 Å². The van der Waals surface area contributed by atoms with Gasteiger partial charge in [0.05, 0.1) is 11.0 Å². The Hall–Kier alpha value is -0.950. The third-order valence-electron chi connectivity index (χ3n) is 3.40. The van der Waals surface area contributed by atoms with Crippen molar-refractivity contribution < 1.29 is 4.92 Å². The van der Waals surface area contributed by atoms with Gasteiger partial charge in [0.15, 0.2) is 5.16 Å². The molecule has 1 saturated carbocycles. The molecular weight excluding hydrogens is 288 g/mol. The summed E-state index contributed by atoms with van der Waals surface area (Å²) in [5.74, 6) is 0.261. The van der Waals surface area contributed by atoms with E-state index in [-0.39, 0.29) is 28.9 Å². The molecule has 0 aromatic rings. The van der Waals surface area contributed by atoms with Gasteiger partial charge in [-0.15, -0.1) is 0 Å². The van der Waals surface area contributed by atoms with E-state index in [9.17, 15) is 10.1 Å². The molecule has 106 valence electrons. The molecule has 19 heavy (non-hydrogen) atoms. The average molecular weight is 305 g/mol. The summed E-state index contributed by atoms with van der Waals surface area (Å²) in [4.78, 5) is 15.2. The van der Waals surface area contributed by atoms with Crippen molar-refractivity contribution in [1.29, 1.82) is 0 Å². The van der Waals surface area contributed by atoms with E-state index >= 15 is 0 Å². The van der Waals surface area contributed by atoms with E-state index in [1.807, 2.05) is 6.92 Å². The second-order valence-electron chi connectivity index (χ2n) is 4.83. The molecular formula is C11H17ClN4O2S. The molecule has 1 aliphatic heterocycles. The third-order valence-corrected chi connectivity index (χ3v) is 4.23. The average Bonchev–Trinajstić information content (AvgIpc) is 2.36. The highest BCUT2D eigenvalue weighted by Gasteiger charge is 2.36. The fourth-order valence-electron chi connectivity index (χ4n) is 2.37. The van der Waals surface area contributed by atoms with Gasteiger partial charge >= 0.3 is 5.70 Å². The molecule has 0 aromatic heterocycles. The molecule has 6 nitrogen and oxygen atoms in total. The monoisotopic (exact) mass is 304 g/mol. The van der Waals surface area contributed by atoms with Crippen LogP contribution in [0.5, 0.6) is 0 Å². The van der Waals surface area contributed by atoms with Crippen LogP contribution in [0, 0.1) is 10.1 Å². The Morgan fingerprint density at radius 1 is 1.47 bits per heavy atom. The second-order valence-corrected chi connectivity index (χ2v) is 5.64. The summed E-state index contributed by atoms with van der Waals surface area (Å²) in [6.45, 7) is 1.82. The number of rotatable bonds is 2. The van der Waals surface area contributed by atoms with Crippen molar-refractivity contribution in [3.63, 3.8) is 0 Å². The van der Waals surface area contributed by atoms with Crippen LogP contribution in [0.15, 0.2) is 15.8 Å². The third kappa shape index (κ3) is 3.14. The summed E-state index contributed by atoms with van der Waals surface area (Å²) in [5.41, 5.74) is -0.194. The molecule has 1 unspecified atom stereocenters. The maximum absolute atomic E-state index is 11.2. The van der Waals surface area contributed by atoms with E-state index in [1.54, 1.807) is 0 Å². The van der Waals surface area contributed by atoms with Gasteiger partial charge in [-0.05, 0) is 19.8 Å². The van der Waals surface area contributed by atoms with E-state index in [2.05, 4.69) is 23.1 Å². The van der Waals surface area contributed by atoms with Crippen molar-refractivity contribution >= 4 is 30.3 Å².